The maximum atomic E-state index is 10.8. The molecular weight excluding hydrogens is 210 g/mol. The number of rotatable bonds is 4. The lowest BCUT2D eigenvalue weighted by Crippen LogP contribution is -2.44. The van der Waals surface area contributed by atoms with E-state index in [2.05, 4.69) is 0 Å². The first-order valence-electron chi connectivity index (χ1n) is 4.10. The van der Waals surface area contributed by atoms with Crippen molar-refractivity contribution in [3.8, 4) is 0 Å². The van der Waals surface area contributed by atoms with Gasteiger partial charge in [-0.25, -0.2) is 0 Å². The first-order valence-corrected chi connectivity index (χ1v) is 5.60. The van der Waals surface area contributed by atoms with E-state index in [4.69, 9.17) is 15.0 Å². The van der Waals surface area contributed by atoms with E-state index in [1.165, 1.54) is 0 Å². The summed E-state index contributed by atoms with van der Waals surface area (Å²) < 4.78 is 35.4. The van der Waals surface area contributed by atoms with E-state index in [1.807, 2.05) is 0 Å². The van der Waals surface area contributed by atoms with Crippen molar-refractivity contribution in [3.63, 3.8) is 0 Å². The van der Waals surface area contributed by atoms with Crippen LogP contribution in [0.3, 0.4) is 0 Å². The van der Waals surface area contributed by atoms with Gasteiger partial charge in [-0.1, -0.05) is 0 Å². The number of nitrogens with two attached hydrogens (primary N) is 1. The van der Waals surface area contributed by atoms with E-state index in [1.54, 1.807) is 20.8 Å². The standard InChI is InChI=1S/C7H17NO5S/c1-7(2,3)13-6(5(9)4-8)14(10,11)12/h5-6,9H,4,8H2,1-3H3,(H,10,11,12). The van der Waals surface area contributed by atoms with Gasteiger partial charge in [-0.05, 0) is 20.8 Å². The van der Waals surface area contributed by atoms with Crippen LogP contribution in [0.25, 0.3) is 0 Å². The smallest absolute Gasteiger partial charge is 0.295 e. The van der Waals surface area contributed by atoms with Crippen LogP contribution in [0.1, 0.15) is 20.8 Å². The Labute approximate surface area is 83.8 Å². The molecule has 0 bridgehead atoms. The Morgan fingerprint density at radius 1 is 1.43 bits per heavy atom. The quantitative estimate of drug-likeness (QED) is 0.550. The van der Waals surface area contributed by atoms with Gasteiger partial charge in [0.15, 0.2) is 0 Å². The number of aliphatic hydroxyl groups is 1. The molecule has 86 valence electrons. The first-order chi connectivity index (χ1) is 6.08. The van der Waals surface area contributed by atoms with Gasteiger partial charge in [0.1, 0.15) is 6.10 Å². The lowest BCUT2D eigenvalue weighted by Gasteiger charge is -2.27. The summed E-state index contributed by atoms with van der Waals surface area (Å²) in [7, 11) is -4.46. The summed E-state index contributed by atoms with van der Waals surface area (Å²) in [6.07, 6.45) is -1.44. The Kier molecular flexibility index (Phi) is 4.47. The second-order valence-electron chi connectivity index (χ2n) is 3.92. The van der Waals surface area contributed by atoms with E-state index in [9.17, 15) is 13.5 Å². The molecule has 0 aliphatic heterocycles. The van der Waals surface area contributed by atoms with Crippen LogP contribution in [-0.2, 0) is 14.9 Å². The fraction of sp³-hybridized carbons (Fsp3) is 1.00. The molecule has 0 saturated heterocycles. The fourth-order valence-corrected chi connectivity index (χ4v) is 1.72. The van der Waals surface area contributed by atoms with Crippen molar-refractivity contribution in [2.45, 2.75) is 37.9 Å². The molecule has 0 rings (SSSR count). The Balaban J connectivity index is 4.77. The third-order valence-corrected chi connectivity index (χ3v) is 2.32. The predicted octanol–water partition coefficient (Wildman–Crippen LogP) is -0.665. The van der Waals surface area contributed by atoms with Crippen LogP contribution < -0.4 is 5.73 Å². The van der Waals surface area contributed by atoms with Crippen molar-refractivity contribution in [1.29, 1.82) is 0 Å². The number of aliphatic hydroxyl groups excluding tert-OH is 1. The first kappa shape index (κ1) is 13.8. The summed E-state index contributed by atoms with van der Waals surface area (Å²) in [5.74, 6) is 0. The highest BCUT2D eigenvalue weighted by Gasteiger charge is 2.34. The van der Waals surface area contributed by atoms with Crippen LogP contribution in [0, 0.1) is 0 Å². The third-order valence-electron chi connectivity index (χ3n) is 1.32. The van der Waals surface area contributed by atoms with Crippen LogP contribution in [0.2, 0.25) is 0 Å². The molecule has 0 fully saturated rings. The average Bonchev–Trinajstić information content (AvgIpc) is 1.95. The molecule has 0 amide bonds. The van der Waals surface area contributed by atoms with Crippen molar-refractivity contribution < 1.29 is 22.8 Å². The van der Waals surface area contributed by atoms with Crippen molar-refractivity contribution in [2.24, 2.45) is 5.73 Å². The molecule has 0 aromatic carbocycles. The molecular formula is C7H17NO5S. The van der Waals surface area contributed by atoms with E-state index in [0.29, 0.717) is 0 Å². The van der Waals surface area contributed by atoms with Crippen molar-refractivity contribution >= 4 is 10.1 Å². The highest BCUT2D eigenvalue weighted by atomic mass is 32.2. The second kappa shape index (κ2) is 4.54. The average molecular weight is 227 g/mol. The van der Waals surface area contributed by atoms with Crippen LogP contribution in [0.4, 0.5) is 0 Å². The van der Waals surface area contributed by atoms with Crippen LogP contribution in [0.5, 0.6) is 0 Å². The SMILES string of the molecule is CC(C)(C)OC(C(O)CN)S(=O)(=O)O. The van der Waals surface area contributed by atoms with Gasteiger partial charge < -0.3 is 15.6 Å². The van der Waals surface area contributed by atoms with Gasteiger partial charge in [-0.15, -0.1) is 0 Å². The lowest BCUT2D eigenvalue weighted by atomic mass is 10.2. The minimum Gasteiger partial charge on any atom is -0.388 e. The molecule has 0 heterocycles. The minimum atomic E-state index is -4.46. The molecule has 0 aromatic rings. The van der Waals surface area contributed by atoms with Crippen LogP contribution in [-0.4, -0.2) is 41.8 Å². The van der Waals surface area contributed by atoms with E-state index < -0.39 is 27.3 Å². The number of hydrogen-bond acceptors (Lipinski definition) is 5. The molecule has 2 atom stereocenters. The summed E-state index contributed by atoms with van der Waals surface area (Å²) in [4.78, 5) is 0. The molecule has 7 heteroatoms. The zero-order valence-electron chi connectivity index (χ0n) is 8.47. The summed E-state index contributed by atoms with van der Waals surface area (Å²) >= 11 is 0. The molecule has 0 aromatic heterocycles. The zero-order chi connectivity index (χ0) is 11.6. The van der Waals surface area contributed by atoms with E-state index >= 15 is 0 Å². The van der Waals surface area contributed by atoms with Crippen molar-refractivity contribution in [2.75, 3.05) is 6.54 Å². The monoisotopic (exact) mass is 227 g/mol. The zero-order valence-corrected chi connectivity index (χ0v) is 9.28. The summed E-state index contributed by atoms with van der Waals surface area (Å²) in [6.45, 7) is 4.51. The van der Waals surface area contributed by atoms with Gasteiger partial charge in [0.2, 0.25) is 5.44 Å². The normalized spacial score (nSPS) is 17.9. The van der Waals surface area contributed by atoms with Crippen LogP contribution >= 0.6 is 0 Å². The maximum absolute atomic E-state index is 10.8. The van der Waals surface area contributed by atoms with E-state index in [-0.39, 0.29) is 6.54 Å². The molecule has 4 N–H and O–H groups in total. The summed E-state index contributed by atoms with van der Waals surface area (Å²) in [5, 5.41) is 9.23. The fourth-order valence-electron chi connectivity index (χ4n) is 0.797. The summed E-state index contributed by atoms with van der Waals surface area (Å²) in [5.41, 5.74) is 2.59. The maximum Gasteiger partial charge on any atom is 0.295 e. The predicted molar refractivity (Wildman–Crippen MR) is 51.2 cm³/mol. The van der Waals surface area contributed by atoms with Crippen molar-refractivity contribution in [3.05, 3.63) is 0 Å². The number of ether oxygens (including phenoxy) is 1. The molecule has 6 nitrogen and oxygen atoms in total. The van der Waals surface area contributed by atoms with E-state index in [0.717, 1.165) is 0 Å². The molecule has 0 aliphatic carbocycles. The Hall–Kier alpha value is -0.210. The van der Waals surface area contributed by atoms with Gasteiger partial charge in [0.25, 0.3) is 10.1 Å². The topological polar surface area (TPSA) is 110 Å². The largest absolute Gasteiger partial charge is 0.388 e. The highest BCUT2D eigenvalue weighted by Crippen LogP contribution is 2.16. The molecule has 0 aliphatic rings. The highest BCUT2D eigenvalue weighted by molar-refractivity contribution is 7.86. The molecule has 0 spiro atoms. The Morgan fingerprint density at radius 3 is 2.07 bits per heavy atom. The Bertz CT molecular complexity index is 268. The van der Waals surface area contributed by atoms with Gasteiger partial charge >= 0.3 is 0 Å². The van der Waals surface area contributed by atoms with Gasteiger partial charge in [-0.3, -0.25) is 4.55 Å². The molecule has 0 saturated carbocycles. The molecule has 2 unspecified atom stereocenters. The van der Waals surface area contributed by atoms with Crippen molar-refractivity contribution in [1.82, 2.24) is 0 Å². The summed E-state index contributed by atoms with van der Waals surface area (Å²) in [6, 6.07) is 0. The molecule has 14 heavy (non-hydrogen) atoms. The minimum absolute atomic E-state index is 0.305. The third kappa shape index (κ3) is 4.87. The van der Waals surface area contributed by atoms with Gasteiger partial charge in [0, 0.05) is 6.54 Å². The Morgan fingerprint density at radius 2 is 1.86 bits per heavy atom. The second-order valence-corrected chi connectivity index (χ2v) is 5.41. The van der Waals surface area contributed by atoms with Crippen LogP contribution in [0.15, 0.2) is 0 Å². The lowest BCUT2D eigenvalue weighted by molar-refractivity contribution is -0.0722. The number of hydrogen-bond donors (Lipinski definition) is 3. The van der Waals surface area contributed by atoms with Gasteiger partial charge in [0.05, 0.1) is 5.60 Å². The van der Waals surface area contributed by atoms with Gasteiger partial charge in [-0.2, -0.15) is 8.42 Å². The molecule has 0 radical (unpaired) electrons.